The summed E-state index contributed by atoms with van der Waals surface area (Å²) < 4.78 is 162. The summed E-state index contributed by atoms with van der Waals surface area (Å²) in [7, 11) is 0. The largest absolute Gasteiger partial charge is 0.455 e. The van der Waals surface area contributed by atoms with Crippen LogP contribution in [-0.2, 0) is 0 Å². The molecule has 0 saturated carbocycles. The molecule has 0 spiro atoms. The molecule has 49 heavy (non-hydrogen) atoms. The van der Waals surface area contributed by atoms with E-state index in [2.05, 4.69) is 0 Å². The molecule has 10 rings (SSSR count). The number of furan rings is 1. The molecule has 1 heteroatoms. The van der Waals surface area contributed by atoms with Crippen molar-refractivity contribution in [3.63, 3.8) is 0 Å². The van der Waals surface area contributed by atoms with Crippen LogP contribution in [0, 0.1) is 0 Å². The summed E-state index contributed by atoms with van der Waals surface area (Å²) in [6.45, 7) is 0. The van der Waals surface area contributed by atoms with Crippen LogP contribution in [0.4, 0.5) is 0 Å². The Morgan fingerprint density at radius 3 is 1.59 bits per heavy atom. The summed E-state index contributed by atoms with van der Waals surface area (Å²) in [5.74, 6) is -0.342. The molecule has 0 aliphatic rings. The second-order valence-corrected chi connectivity index (χ2v) is 11.5. The van der Waals surface area contributed by atoms with Gasteiger partial charge in [-0.3, -0.25) is 0 Å². The van der Waals surface area contributed by atoms with Gasteiger partial charge in [0.1, 0.15) is 11.3 Å². The third kappa shape index (κ3) is 4.40. The van der Waals surface area contributed by atoms with Crippen molar-refractivity contribution in [2.75, 3.05) is 0 Å². The Morgan fingerprint density at radius 2 is 0.918 bits per heavy atom. The number of hydrogen-bond acceptors (Lipinski definition) is 1. The van der Waals surface area contributed by atoms with E-state index in [1.807, 2.05) is 30.3 Å². The van der Waals surface area contributed by atoms with Crippen molar-refractivity contribution in [2.24, 2.45) is 0 Å². The van der Waals surface area contributed by atoms with E-state index in [0.29, 0.717) is 11.1 Å². The van der Waals surface area contributed by atoms with Crippen molar-refractivity contribution in [3.8, 4) is 44.7 Å². The van der Waals surface area contributed by atoms with E-state index in [-0.39, 0.29) is 71.1 Å². The van der Waals surface area contributed by atoms with Crippen molar-refractivity contribution in [2.45, 2.75) is 0 Å². The second-order valence-electron chi connectivity index (χ2n) is 11.5. The highest BCUT2D eigenvalue weighted by atomic mass is 16.3. The van der Waals surface area contributed by atoms with Crippen molar-refractivity contribution in [1.82, 2.24) is 0 Å². The van der Waals surface area contributed by atoms with Gasteiger partial charge in [-0.1, -0.05) is 163 Å². The van der Waals surface area contributed by atoms with Crippen molar-refractivity contribution in [3.05, 3.63) is 182 Å². The predicted molar refractivity (Wildman–Crippen MR) is 208 cm³/mol. The standard InChI is InChI=1S/C48H30O/c1-3-13-31(14-4-1)35-27-28-44-43(29-35)47(48(49-44)36-26-25-33-24-23-32-15-7-8-18-37(32)42(33)30-36)46-40-21-11-9-19-38(40)45(34-16-5-2-6-17-34)39-20-10-12-22-41(39)46/h1-30H/i7D,8D,9D,10D,11D,12D,15D,18D,19D,20D,21D,22D,23D,24D,25D,26D,30D. The van der Waals surface area contributed by atoms with Gasteiger partial charge in [-0.05, 0) is 83.5 Å². The van der Waals surface area contributed by atoms with E-state index in [1.165, 1.54) is 0 Å². The Kier molecular flexibility index (Phi) is 3.54. The highest BCUT2D eigenvalue weighted by Crippen LogP contribution is 2.50. The zero-order chi connectivity index (χ0) is 47.1. The normalized spacial score (nSPS) is 16.5. The molecule has 0 bridgehead atoms. The van der Waals surface area contributed by atoms with Crippen LogP contribution in [-0.4, -0.2) is 0 Å². The Bertz CT molecular complexity index is 3750. The van der Waals surface area contributed by atoms with E-state index >= 15 is 0 Å². The van der Waals surface area contributed by atoms with Crippen LogP contribution >= 0.6 is 0 Å². The average Bonchev–Trinajstić information content (AvgIpc) is 3.69. The average molecular weight is 640 g/mol. The first-order valence-corrected chi connectivity index (χ1v) is 15.5. The summed E-state index contributed by atoms with van der Waals surface area (Å²) in [6.07, 6.45) is 0. The first-order chi connectivity index (χ1) is 31.4. The minimum Gasteiger partial charge on any atom is -0.455 e. The van der Waals surface area contributed by atoms with Gasteiger partial charge in [0.05, 0.1) is 23.3 Å². The SMILES string of the molecule is [2H]c1c([2H])c([2H])c2c(-c3c(-c4c([2H])c([2H])c5c([2H])c([2H])c6c([2H])c([2H])c([2H])c([2H])c6c5c4[2H])oc4ccc(-c5ccccc5)cc34)c3c([2H])c([2H])c([2H])c([2H])c3c(-c3ccccc3)c2c1[2H]. The van der Waals surface area contributed by atoms with E-state index in [4.69, 9.17) is 18.1 Å². The summed E-state index contributed by atoms with van der Waals surface area (Å²) >= 11 is 0. The molecule has 0 unspecified atom stereocenters. The molecule has 1 aromatic heterocycles. The van der Waals surface area contributed by atoms with Crippen molar-refractivity contribution >= 4 is 54.1 Å². The maximum absolute atomic E-state index is 9.91. The van der Waals surface area contributed by atoms with Crippen LogP contribution in [0.25, 0.3) is 98.8 Å². The Hall–Kier alpha value is -6.44. The first-order valence-electron chi connectivity index (χ1n) is 24.0. The highest BCUT2D eigenvalue weighted by molar-refractivity contribution is 6.25. The molecule has 10 aromatic rings. The molecule has 0 aliphatic carbocycles. The molecular weight excluding hydrogens is 593 g/mol. The molecular formula is C48H30O. The summed E-state index contributed by atoms with van der Waals surface area (Å²) in [6, 6.07) is 11.9. The molecule has 0 saturated heterocycles. The van der Waals surface area contributed by atoms with E-state index in [1.54, 1.807) is 48.5 Å². The Labute approximate surface area is 308 Å². The Balaban J connectivity index is 1.53. The second kappa shape index (κ2) is 11.1. The number of rotatable bonds is 4. The van der Waals surface area contributed by atoms with Gasteiger partial charge in [0.25, 0.3) is 0 Å². The molecule has 0 atom stereocenters. The molecule has 0 radical (unpaired) electrons. The summed E-state index contributed by atoms with van der Waals surface area (Å²) in [5.41, 5.74) is 1.29. The van der Waals surface area contributed by atoms with Crippen molar-refractivity contribution < 1.29 is 27.7 Å². The lowest BCUT2D eigenvalue weighted by Gasteiger charge is -2.18. The zero-order valence-electron chi connectivity index (χ0n) is 42.4. The monoisotopic (exact) mass is 639 g/mol. The topological polar surface area (TPSA) is 13.1 Å². The third-order valence-electron chi connectivity index (χ3n) is 8.77. The van der Waals surface area contributed by atoms with Gasteiger partial charge in [-0.15, -0.1) is 0 Å². The van der Waals surface area contributed by atoms with Gasteiger partial charge in [-0.25, -0.2) is 0 Å². The van der Waals surface area contributed by atoms with Gasteiger partial charge in [-0.2, -0.15) is 0 Å². The van der Waals surface area contributed by atoms with Crippen LogP contribution in [0.15, 0.2) is 186 Å². The van der Waals surface area contributed by atoms with Gasteiger partial charge in [0.2, 0.25) is 0 Å². The number of hydrogen-bond donors (Lipinski definition) is 0. The smallest absolute Gasteiger partial charge is 0.143 e. The Morgan fingerprint density at radius 1 is 0.367 bits per heavy atom. The van der Waals surface area contributed by atoms with Gasteiger partial charge in [0.15, 0.2) is 0 Å². The molecule has 0 aliphatic heterocycles. The summed E-state index contributed by atoms with van der Waals surface area (Å²) in [5, 5.41) is -1.79. The molecule has 1 nitrogen and oxygen atoms in total. The van der Waals surface area contributed by atoms with Gasteiger partial charge < -0.3 is 4.42 Å². The first kappa shape index (κ1) is 15.6. The lowest BCUT2D eigenvalue weighted by Crippen LogP contribution is -1.91. The zero-order valence-corrected chi connectivity index (χ0v) is 25.4. The van der Waals surface area contributed by atoms with Crippen LogP contribution in [0.5, 0.6) is 0 Å². The van der Waals surface area contributed by atoms with Crippen LogP contribution in [0.1, 0.15) is 23.3 Å². The fraction of sp³-hybridized carbons (Fsp3) is 0. The van der Waals surface area contributed by atoms with E-state index < -0.39 is 114 Å². The van der Waals surface area contributed by atoms with Gasteiger partial charge in [0, 0.05) is 22.1 Å². The minimum atomic E-state index is -0.703. The molecule has 1 heterocycles. The van der Waals surface area contributed by atoms with E-state index in [9.17, 15) is 9.60 Å². The van der Waals surface area contributed by atoms with Crippen LogP contribution in [0.3, 0.4) is 0 Å². The van der Waals surface area contributed by atoms with Crippen molar-refractivity contribution in [1.29, 1.82) is 0 Å². The van der Waals surface area contributed by atoms with E-state index in [0.717, 1.165) is 5.56 Å². The number of benzene rings is 9. The maximum atomic E-state index is 9.91. The molecule has 9 aromatic carbocycles. The maximum Gasteiger partial charge on any atom is 0.143 e. The third-order valence-corrected chi connectivity index (χ3v) is 8.77. The van der Waals surface area contributed by atoms with Crippen LogP contribution < -0.4 is 0 Å². The predicted octanol–water partition coefficient (Wildman–Crippen LogP) is 13.7. The lowest BCUT2D eigenvalue weighted by molar-refractivity contribution is 0.632. The molecule has 0 N–H and O–H groups in total. The quantitative estimate of drug-likeness (QED) is 0.138. The highest BCUT2D eigenvalue weighted by Gasteiger charge is 2.24. The molecule has 0 amide bonds. The van der Waals surface area contributed by atoms with Crippen LogP contribution in [0.2, 0.25) is 0 Å². The van der Waals surface area contributed by atoms with Gasteiger partial charge >= 0.3 is 0 Å². The number of fused-ring (bicyclic) bond motifs is 6. The fourth-order valence-electron chi connectivity index (χ4n) is 6.62. The summed E-state index contributed by atoms with van der Waals surface area (Å²) in [4.78, 5) is 0. The molecule has 0 fully saturated rings. The fourth-order valence-corrected chi connectivity index (χ4v) is 6.62. The lowest BCUT2D eigenvalue weighted by atomic mass is 9.84. The molecule has 228 valence electrons. The minimum absolute atomic E-state index is 0.0670.